The first kappa shape index (κ1) is 13.0. The topological polar surface area (TPSA) is 32.7 Å². The molecular weight excluding hydrogens is 236 g/mol. The first-order chi connectivity index (χ1) is 9.19. The molecule has 0 fully saturated rings. The molecule has 0 radical (unpaired) electrons. The molecule has 0 aromatic heterocycles. The van der Waals surface area contributed by atoms with E-state index in [9.17, 15) is 4.91 Å². The number of rotatable bonds is 4. The highest BCUT2D eigenvalue weighted by Gasteiger charge is 1.94. The lowest BCUT2D eigenvalue weighted by Crippen LogP contribution is -2.07. The van der Waals surface area contributed by atoms with Crippen LogP contribution in [-0.2, 0) is 0 Å². The maximum atomic E-state index is 10.3. The van der Waals surface area contributed by atoms with Crippen molar-refractivity contribution in [3.05, 3.63) is 64.6 Å². The van der Waals surface area contributed by atoms with Gasteiger partial charge in [-0.2, -0.15) is 0 Å². The molecule has 0 aliphatic heterocycles. The molecule has 0 bridgehead atoms. The van der Waals surface area contributed by atoms with Crippen LogP contribution >= 0.6 is 0 Å². The average molecular weight is 252 g/mol. The Balaban J connectivity index is 2.10. The summed E-state index contributed by atoms with van der Waals surface area (Å²) in [6, 6.07) is 15.5. The molecule has 0 heterocycles. The molecular formula is C16H16N2O. The highest BCUT2D eigenvalue weighted by molar-refractivity contribution is 5.71. The fourth-order valence-electron chi connectivity index (χ4n) is 1.72. The van der Waals surface area contributed by atoms with Gasteiger partial charge in [0.2, 0.25) is 0 Å². The van der Waals surface area contributed by atoms with Gasteiger partial charge in [0.15, 0.2) is 0 Å². The summed E-state index contributed by atoms with van der Waals surface area (Å²) < 4.78 is 0. The number of nitroso groups, excluding NO2 is 1. The Labute approximate surface area is 113 Å². The van der Waals surface area contributed by atoms with Crippen molar-refractivity contribution in [3.63, 3.8) is 0 Å². The third-order valence-electron chi connectivity index (χ3n) is 2.88. The van der Waals surface area contributed by atoms with E-state index in [0.717, 1.165) is 11.1 Å². The maximum Gasteiger partial charge on any atom is 0.108 e. The van der Waals surface area contributed by atoms with Crippen molar-refractivity contribution < 1.29 is 0 Å². The molecule has 0 aliphatic rings. The zero-order valence-electron chi connectivity index (χ0n) is 11.1. The van der Waals surface area contributed by atoms with E-state index < -0.39 is 0 Å². The van der Waals surface area contributed by atoms with Gasteiger partial charge in [-0.1, -0.05) is 36.4 Å². The zero-order valence-corrected chi connectivity index (χ0v) is 11.1. The van der Waals surface area contributed by atoms with Crippen molar-refractivity contribution >= 4 is 23.5 Å². The molecule has 3 heteroatoms. The molecule has 2 aromatic carbocycles. The number of benzene rings is 2. The molecule has 0 spiro atoms. The minimum Gasteiger partial charge on any atom is -0.378 e. The third-order valence-corrected chi connectivity index (χ3v) is 2.88. The minimum absolute atomic E-state index is 0.451. The Morgan fingerprint density at radius 1 is 0.842 bits per heavy atom. The lowest BCUT2D eigenvalue weighted by molar-refractivity contribution is 1.13. The SMILES string of the molecule is CN(C)c1ccc(/C=C/c2ccc(N=O)cc2)cc1. The van der Waals surface area contributed by atoms with E-state index in [2.05, 4.69) is 34.3 Å². The van der Waals surface area contributed by atoms with E-state index in [4.69, 9.17) is 0 Å². The summed E-state index contributed by atoms with van der Waals surface area (Å²) in [6.45, 7) is 0. The molecule has 0 atom stereocenters. The van der Waals surface area contributed by atoms with E-state index in [-0.39, 0.29) is 0 Å². The van der Waals surface area contributed by atoms with Crippen molar-refractivity contribution in [2.75, 3.05) is 19.0 Å². The van der Waals surface area contributed by atoms with Crippen LogP contribution in [-0.4, -0.2) is 14.1 Å². The lowest BCUT2D eigenvalue weighted by atomic mass is 10.1. The van der Waals surface area contributed by atoms with E-state index in [1.807, 2.05) is 38.4 Å². The molecule has 0 saturated heterocycles. The molecule has 0 saturated carbocycles. The van der Waals surface area contributed by atoms with Gasteiger partial charge in [-0.3, -0.25) is 0 Å². The minimum atomic E-state index is 0.451. The van der Waals surface area contributed by atoms with Crippen molar-refractivity contribution in [2.45, 2.75) is 0 Å². The lowest BCUT2D eigenvalue weighted by Gasteiger charge is -2.11. The summed E-state index contributed by atoms with van der Waals surface area (Å²) in [5, 5.41) is 2.88. The average Bonchev–Trinajstić information content (AvgIpc) is 2.46. The predicted octanol–water partition coefficient (Wildman–Crippen LogP) is 4.32. The number of hydrogen-bond acceptors (Lipinski definition) is 3. The van der Waals surface area contributed by atoms with Crippen LogP contribution < -0.4 is 4.90 Å². The standard InChI is InChI=1S/C16H16N2O/c1-18(2)16-11-7-14(8-12-16)4-3-13-5-9-15(17-19)10-6-13/h3-12H,1-2H3/b4-3+. The summed E-state index contributed by atoms with van der Waals surface area (Å²) in [4.78, 5) is 12.4. The van der Waals surface area contributed by atoms with E-state index in [1.165, 1.54) is 5.69 Å². The third kappa shape index (κ3) is 3.52. The van der Waals surface area contributed by atoms with Crippen LogP contribution in [0, 0.1) is 4.91 Å². The molecule has 2 rings (SSSR count). The van der Waals surface area contributed by atoms with Gasteiger partial charge in [0.05, 0.1) is 0 Å². The fourth-order valence-corrected chi connectivity index (χ4v) is 1.72. The van der Waals surface area contributed by atoms with Gasteiger partial charge in [0.25, 0.3) is 0 Å². The highest BCUT2D eigenvalue weighted by atomic mass is 16.3. The van der Waals surface area contributed by atoms with Gasteiger partial charge in [-0.15, -0.1) is 4.91 Å². The smallest absolute Gasteiger partial charge is 0.108 e. The number of hydrogen-bond donors (Lipinski definition) is 0. The summed E-state index contributed by atoms with van der Waals surface area (Å²) >= 11 is 0. The Bertz CT molecular complexity index is 569. The number of nitrogens with zero attached hydrogens (tertiary/aromatic N) is 2. The second kappa shape index (κ2) is 5.96. The van der Waals surface area contributed by atoms with Gasteiger partial charge < -0.3 is 4.90 Å². The first-order valence-corrected chi connectivity index (χ1v) is 6.08. The Morgan fingerprint density at radius 3 is 1.74 bits per heavy atom. The summed E-state index contributed by atoms with van der Waals surface area (Å²) in [6.07, 6.45) is 4.06. The van der Waals surface area contributed by atoms with Crippen LogP contribution in [0.2, 0.25) is 0 Å². The highest BCUT2D eigenvalue weighted by Crippen LogP contribution is 2.16. The van der Waals surface area contributed by atoms with Crippen LogP contribution in [0.1, 0.15) is 11.1 Å². The molecule has 2 aromatic rings. The van der Waals surface area contributed by atoms with Gasteiger partial charge in [0, 0.05) is 19.8 Å². The molecule has 0 unspecified atom stereocenters. The summed E-state index contributed by atoms with van der Waals surface area (Å²) in [5.41, 5.74) is 3.82. The van der Waals surface area contributed by atoms with Gasteiger partial charge in [0.1, 0.15) is 5.69 Å². The van der Waals surface area contributed by atoms with Crippen molar-refractivity contribution in [1.29, 1.82) is 0 Å². The Morgan fingerprint density at radius 2 is 1.32 bits per heavy atom. The van der Waals surface area contributed by atoms with Crippen molar-refractivity contribution in [3.8, 4) is 0 Å². The zero-order chi connectivity index (χ0) is 13.7. The summed E-state index contributed by atoms with van der Waals surface area (Å²) in [5.74, 6) is 0. The van der Waals surface area contributed by atoms with Gasteiger partial charge in [-0.25, -0.2) is 0 Å². The van der Waals surface area contributed by atoms with Crippen LogP contribution in [0.25, 0.3) is 12.2 Å². The second-order valence-electron chi connectivity index (χ2n) is 4.50. The van der Waals surface area contributed by atoms with Crippen LogP contribution in [0.15, 0.2) is 53.7 Å². The van der Waals surface area contributed by atoms with E-state index in [1.54, 1.807) is 12.1 Å². The van der Waals surface area contributed by atoms with Crippen molar-refractivity contribution in [2.24, 2.45) is 5.18 Å². The predicted molar refractivity (Wildman–Crippen MR) is 81.6 cm³/mol. The van der Waals surface area contributed by atoms with Crippen molar-refractivity contribution in [1.82, 2.24) is 0 Å². The Kier molecular flexibility index (Phi) is 4.08. The second-order valence-corrected chi connectivity index (χ2v) is 4.50. The van der Waals surface area contributed by atoms with E-state index in [0.29, 0.717) is 5.69 Å². The molecule has 0 aliphatic carbocycles. The normalized spacial score (nSPS) is 10.6. The van der Waals surface area contributed by atoms with Crippen LogP contribution in [0.3, 0.4) is 0 Å². The molecule has 0 amide bonds. The molecule has 3 nitrogen and oxygen atoms in total. The largest absolute Gasteiger partial charge is 0.378 e. The van der Waals surface area contributed by atoms with Gasteiger partial charge in [-0.05, 0) is 40.6 Å². The van der Waals surface area contributed by atoms with E-state index >= 15 is 0 Å². The number of anilines is 1. The summed E-state index contributed by atoms with van der Waals surface area (Å²) in [7, 11) is 4.04. The fraction of sp³-hybridized carbons (Fsp3) is 0.125. The maximum absolute atomic E-state index is 10.3. The van der Waals surface area contributed by atoms with Gasteiger partial charge >= 0.3 is 0 Å². The first-order valence-electron chi connectivity index (χ1n) is 6.08. The molecule has 0 N–H and O–H groups in total. The van der Waals surface area contributed by atoms with Crippen LogP contribution in [0.5, 0.6) is 0 Å². The monoisotopic (exact) mass is 252 g/mol. The quantitative estimate of drug-likeness (QED) is 0.599. The molecule has 96 valence electrons. The Hall–Kier alpha value is -2.42. The van der Waals surface area contributed by atoms with Crippen LogP contribution in [0.4, 0.5) is 11.4 Å². The molecule has 19 heavy (non-hydrogen) atoms.